The van der Waals surface area contributed by atoms with E-state index in [9.17, 15) is 0 Å². The lowest BCUT2D eigenvalue weighted by atomic mass is 9.94. The summed E-state index contributed by atoms with van der Waals surface area (Å²) in [5.41, 5.74) is 9.38. The Kier molecular flexibility index (Phi) is 4.16. The first kappa shape index (κ1) is 13.7. The third-order valence-corrected chi connectivity index (χ3v) is 4.97. The molecule has 3 nitrogen and oxygen atoms in total. The minimum absolute atomic E-state index is 0.860. The lowest BCUT2D eigenvalue weighted by molar-refractivity contribution is 0.148. The Labute approximate surface area is 122 Å². The number of hydrogen-bond acceptors (Lipinski definition) is 3. The molecule has 0 unspecified atom stereocenters. The summed E-state index contributed by atoms with van der Waals surface area (Å²) in [5.74, 6) is 0. The van der Waals surface area contributed by atoms with Crippen molar-refractivity contribution in [3.8, 4) is 0 Å². The minimum Gasteiger partial charge on any atom is -0.399 e. The Morgan fingerprint density at radius 3 is 2.35 bits per heavy atom. The zero-order valence-corrected chi connectivity index (χ0v) is 12.6. The Bertz CT molecular complexity index is 444. The summed E-state index contributed by atoms with van der Waals surface area (Å²) in [6, 6.07) is 7.15. The predicted molar refractivity (Wildman–Crippen MR) is 86.3 cm³/mol. The van der Waals surface area contributed by atoms with Crippen molar-refractivity contribution >= 4 is 11.4 Å². The van der Waals surface area contributed by atoms with Crippen molar-refractivity contribution in [2.75, 3.05) is 36.8 Å². The molecule has 2 fully saturated rings. The molecule has 110 valence electrons. The van der Waals surface area contributed by atoms with E-state index in [0.29, 0.717) is 0 Å². The first-order valence-electron chi connectivity index (χ1n) is 8.09. The monoisotopic (exact) mass is 273 g/mol. The second kappa shape index (κ2) is 6.04. The van der Waals surface area contributed by atoms with Gasteiger partial charge in [-0.2, -0.15) is 0 Å². The van der Waals surface area contributed by atoms with Gasteiger partial charge < -0.3 is 10.6 Å². The molecule has 3 heteroatoms. The normalized spacial score (nSPS) is 22.1. The molecule has 20 heavy (non-hydrogen) atoms. The SMILES string of the molecule is Cc1cc(N)ccc1N1CCN(C2CCCCC2)CC1. The van der Waals surface area contributed by atoms with Crippen molar-refractivity contribution in [2.24, 2.45) is 0 Å². The molecule has 1 saturated heterocycles. The molecule has 1 saturated carbocycles. The highest BCUT2D eigenvalue weighted by Crippen LogP contribution is 2.27. The van der Waals surface area contributed by atoms with E-state index in [0.717, 1.165) is 24.8 Å². The van der Waals surface area contributed by atoms with E-state index in [1.165, 1.54) is 56.4 Å². The standard InChI is InChI=1S/C17H27N3/c1-14-13-15(18)7-8-17(14)20-11-9-19(10-12-20)16-5-3-2-4-6-16/h7-8,13,16H,2-6,9-12,18H2,1H3. The zero-order chi connectivity index (χ0) is 13.9. The summed E-state index contributed by atoms with van der Waals surface area (Å²) in [5, 5.41) is 0. The third-order valence-electron chi connectivity index (χ3n) is 4.97. The second-order valence-electron chi connectivity index (χ2n) is 6.36. The van der Waals surface area contributed by atoms with Crippen molar-refractivity contribution in [3.63, 3.8) is 0 Å². The lowest BCUT2D eigenvalue weighted by Crippen LogP contribution is -2.51. The summed E-state index contributed by atoms with van der Waals surface area (Å²) in [4.78, 5) is 5.25. The molecule has 0 radical (unpaired) electrons. The number of aryl methyl sites for hydroxylation is 1. The molecule has 1 heterocycles. The zero-order valence-electron chi connectivity index (χ0n) is 12.6. The fraction of sp³-hybridized carbons (Fsp3) is 0.647. The number of anilines is 2. The average Bonchev–Trinajstić information content (AvgIpc) is 2.48. The molecule has 3 rings (SSSR count). The van der Waals surface area contributed by atoms with Gasteiger partial charge in [-0.25, -0.2) is 0 Å². The highest BCUT2D eigenvalue weighted by Gasteiger charge is 2.25. The van der Waals surface area contributed by atoms with Gasteiger partial charge in [0.15, 0.2) is 0 Å². The quantitative estimate of drug-likeness (QED) is 0.841. The third kappa shape index (κ3) is 2.93. The van der Waals surface area contributed by atoms with Crippen LogP contribution in [0.1, 0.15) is 37.7 Å². The molecule has 1 aromatic rings. The highest BCUT2D eigenvalue weighted by atomic mass is 15.3. The Hall–Kier alpha value is -1.22. The maximum atomic E-state index is 5.85. The Balaban J connectivity index is 1.60. The van der Waals surface area contributed by atoms with Crippen LogP contribution in [-0.2, 0) is 0 Å². The van der Waals surface area contributed by atoms with Gasteiger partial charge >= 0.3 is 0 Å². The molecule has 0 spiro atoms. The van der Waals surface area contributed by atoms with Crippen LogP contribution in [0.25, 0.3) is 0 Å². The Morgan fingerprint density at radius 2 is 1.70 bits per heavy atom. The predicted octanol–water partition coefficient (Wildman–Crippen LogP) is 3.03. The number of nitrogens with zero attached hydrogens (tertiary/aromatic N) is 2. The van der Waals surface area contributed by atoms with Gasteiger partial charge in [-0.05, 0) is 43.5 Å². The average molecular weight is 273 g/mol. The molecule has 0 amide bonds. The minimum atomic E-state index is 0.860. The molecule has 1 aliphatic heterocycles. The van der Waals surface area contributed by atoms with Gasteiger partial charge in [0.25, 0.3) is 0 Å². The number of nitrogens with two attached hydrogens (primary N) is 1. The van der Waals surface area contributed by atoms with Crippen molar-refractivity contribution in [3.05, 3.63) is 23.8 Å². The maximum Gasteiger partial charge on any atom is 0.0398 e. The van der Waals surface area contributed by atoms with Crippen LogP contribution in [0.4, 0.5) is 11.4 Å². The second-order valence-corrected chi connectivity index (χ2v) is 6.36. The van der Waals surface area contributed by atoms with Gasteiger partial charge in [0.1, 0.15) is 0 Å². The van der Waals surface area contributed by atoms with Crippen LogP contribution in [-0.4, -0.2) is 37.1 Å². The van der Waals surface area contributed by atoms with Gasteiger partial charge in [0.05, 0.1) is 0 Å². The summed E-state index contributed by atoms with van der Waals surface area (Å²) in [6.45, 7) is 6.91. The number of nitrogen functional groups attached to an aromatic ring is 1. The van der Waals surface area contributed by atoms with Crippen molar-refractivity contribution in [1.29, 1.82) is 0 Å². The maximum absolute atomic E-state index is 5.85. The van der Waals surface area contributed by atoms with E-state index in [1.807, 2.05) is 6.07 Å². The van der Waals surface area contributed by atoms with Crippen LogP contribution in [0, 0.1) is 6.92 Å². The topological polar surface area (TPSA) is 32.5 Å². The van der Waals surface area contributed by atoms with E-state index in [4.69, 9.17) is 5.73 Å². The largest absolute Gasteiger partial charge is 0.399 e. The molecule has 0 aromatic heterocycles. The van der Waals surface area contributed by atoms with Crippen LogP contribution in [0.3, 0.4) is 0 Å². The summed E-state index contributed by atoms with van der Waals surface area (Å²) < 4.78 is 0. The van der Waals surface area contributed by atoms with E-state index in [-0.39, 0.29) is 0 Å². The first-order valence-corrected chi connectivity index (χ1v) is 8.09. The smallest absolute Gasteiger partial charge is 0.0398 e. The van der Waals surface area contributed by atoms with Crippen LogP contribution in [0.2, 0.25) is 0 Å². The van der Waals surface area contributed by atoms with Crippen molar-refractivity contribution in [1.82, 2.24) is 4.90 Å². The lowest BCUT2D eigenvalue weighted by Gasteiger charge is -2.42. The molecular weight excluding hydrogens is 246 g/mol. The van der Waals surface area contributed by atoms with E-state index in [1.54, 1.807) is 0 Å². The molecule has 1 aromatic carbocycles. The molecule has 2 N–H and O–H groups in total. The molecule has 2 aliphatic rings. The van der Waals surface area contributed by atoms with Gasteiger partial charge in [0, 0.05) is 43.6 Å². The van der Waals surface area contributed by atoms with Crippen molar-refractivity contribution in [2.45, 2.75) is 45.1 Å². The highest BCUT2D eigenvalue weighted by molar-refractivity contribution is 5.59. The van der Waals surface area contributed by atoms with Crippen LogP contribution in [0.5, 0.6) is 0 Å². The van der Waals surface area contributed by atoms with Gasteiger partial charge in [-0.3, -0.25) is 4.90 Å². The molecule has 0 bridgehead atoms. The van der Waals surface area contributed by atoms with E-state index in [2.05, 4.69) is 28.9 Å². The summed E-state index contributed by atoms with van der Waals surface area (Å²) in [6.07, 6.45) is 7.15. The number of benzene rings is 1. The molecule has 0 atom stereocenters. The van der Waals surface area contributed by atoms with E-state index >= 15 is 0 Å². The van der Waals surface area contributed by atoms with E-state index < -0.39 is 0 Å². The van der Waals surface area contributed by atoms with Gasteiger partial charge in [-0.15, -0.1) is 0 Å². The summed E-state index contributed by atoms with van der Waals surface area (Å²) in [7, 11) is 0. The number of hydrogen-bond donors (Lipinski definition) is 1. The van der Waals surface area contributed by atoms with Gasteiger partial charge in [0.2, 0.25) is 0 Å². The first-order chi connectivity index (χ1) is 9.74. The summed E-state index contributed by atoms with van der Waals surface area (Å²) >= 11 is 0. The number of rotatable bonds is 2. The van der Waals surface area contributed by atoms with Crippen molar-refractivity contribution < 1.29 is 0 Å². The molecule has 1 aliphatic carbocycles. The Morgan fingerprint density at radius 1 is 1.00 bits per heavy atom. The fourth-order valence-electron chi connectivity index (χ4n) is 3.81. The fourth-order valence-corrected chi connectivity index (χ4v) is 3.81. The van der Waals surface area contributed by atoms with Crippen LogP contribution >= 0.6 is 0 Å². The molecular formula is C17H27N3. The van der Waals surface area contributed by atoms with Gasteiger partial charge in [-0.1, -0.05) is 19.3 Å². The van der Waals surface area contributed by atoms with Crippen LogP contribution in [0.15, 0.2) is 18.2 Å². The number of piperazine rings is 1. The van der Waals surface area contributed by atoms with Crippen LogP contribution < -0.4 is 10.6 Å².